The zero-order valence-electron chi connectivity index (χ0n) is 16.3. The molecule has 0 amide bonds. The lowest BCUT2D eigenvalue weighted by molar-refractivity contribution is 0.178. The number of aromatic nitrogens is 4. The van der Waals surface area contributed by atoms with E-state index >= 15 is 0 Å². The van der Waals surface area contributed by atoms with E-state index in [1.807, 2.05) is 19.1 Å². The van der Waals surface area contributed by atoms with Crippen LogP contribution in [0.1, 0.15) is 41.7 Å². The Morgan fingerprint density at radius 1 is 1.32 bits per heavy atom. The van der Waals surface area contributed by atoms with Gasteiger partial charge in [0, 0.05) is 38.9 Å². The van der Waals surface area contributed by atoms with Crippen LogP contribution in [0, 0.1) is 6.92 Å². The number of ether oxygens (including phenoxy) is 1. The molecule has 1 aliphatic rings. The maximum Gasteiger partial charge on any atom is 0.258 e. The summed E-state index contributed by atoms with van der Waals surface area (Å²) in [7, 11) is 1.66. The number of fused-ring (bicyclic) bond motifs is 1. The van der Waals surface area contributed by atoms with Crippen molar-refractivity contribution in [1.82, 2.24) is 24.4 Å². The number of rotatable bonds is 6. The molecule has 3 aromatic heterocycles. The van der Waals surface area contributed by atoms with Crippen molar-refractivity contribution in [1.29, 1.82) is 0 Å². The highest BCUT2D eigenvalue weighted by molar-refractivity contribution is 5.41. The van der Waals surface area contributed by atoms with Gasteiger partial charge in [-0.15, -0.1) is 0 Å². The third-order valence-corrected chi connectivity index (χ3v) is 5.13. The Hall–Kier alpha value is -2.58. The Balaban J connectivity index is 1.47. The molecule has 1 fully saturated rings. The molecular formula is C20H25N5O3. The van der Waals surface area contributed by atoms with Gasteiger partial charge in [-0.1, -0.05) is 5.16 Å². The van der Waals surface area contributed by atoms with Gasteiger partial charge in [-0.3, -0.25) is 14.1 Å². The fourth-order valence-electron chi connectivity index (χ4n) is 3.69. The van der Waals surface area contributed by atoms with Gasteiger partial charge in [0.05, 0.1) is 18.2 Å². The predicted octanol–water partition coefficient (Wildman–Crippen LogP) is 1.95. The molecule has 0 N–H and O–H groups in total. The second-order valence-electron chi connectivity index (χ2n) is 7.38. The smallest absolute Gasteiger partial charge is 0.258 e. The molecule has 1 atom stereocenters. The van der Waals surface area contributed by atoms with Gasteiger partial charge in [-0.25, -0.2) is 4.98 Å². The first-order valence-electron chi connectivity index (χ1n) is 9.65. The summed E-state index contributed by atoms with van der Waals surface area (Å²) in [6.45, 7) is 5.01. The predicted molar refractivity (Wildman–Crippen MR) is 103 cm³/mol. The van der Waals surface area contributed by atoms with Crippen LogP contribution < -0.4 is 5.56 Å². The van der Waals surface area contributed by atoms with Crippen molar-refractivity contribution >= 4 is 5.65 Å². The van der Waals surface area contributed by atoms with Crippen LogP contribution in [-0.2, 0) is 17.7 Å². The number of hydrogen-bond donors (Lipinski definition) is 0. The number of hydrogen-bond acceptors (Lipinski definition) is 7. The summed E-state index contributed by atoms with van der Waals surface area (Å²) in [4.78, 5) is 23.9. The molecule has 0 bridgehead atoms. The van der Waals surface area contributed by atoms with Crippen LogP contribution >= 0.6 is 0 Å². The molecule has 4 heterocycles. The third kappa shape index (κ3) is 4.13. The molecular weight excluding hydrogens is 358 g/mol. The Labute approximate surface area is 163 Å². The van der Waals surface area contributed by atoms with E-state index < -0.39 is 0 Å². The van der Waals surface area contributed by atoms with Crippen molar-refractivity contribution in [3.63, 3.8) is 0 Å². The fourth-order valence-corrected chi connectivity index (χ4v) is 3.69. The maximum absolute atomic E-state index is 12.4. The maximum atomic E-state index is 12.4. The highest BCUT2D eigenvalue weighted by Gasteiger charge is 2.26. The molecule has 0 aromatic carbocycles. The first-order chi connectivity index (χ1) is 13.6. The van der Waals surface area contributed by atoms with Crippen molar-refractivity contribution in [2.24, 2.45) is 0 Å². The Bertz CT molecular complexity index is 1010. The molecule has 0 spiro atoms. The topological polar surface area (TPSA) is 85.8 Å². The van der Waals surface area contributed by atoms with Crippen LogP contribution in [0.5, 0.6) is 0 Å². The summed E-state index contributed by atoms with van der Waals surface area (Å²) >= 11 is 0. The van der Waals surface area contributed by atoms with Gasteiger partial charge in [0.1, 0.15) is 5.65 Å². The quantitative estimate of drug-likeness (QED) is 0.643. The van der Waals surface area contributed by atoms with E-state index in [2.05, 4.69) is 20.0 Å². The molecule has 8 heteroatoms. The number of methoxy groups -OCH3 is 1. The molecule has 28 heavy (non-hydrogen) atoms. The normalized spacial score (nSPS) is 18.0. The molecule has 3 aromatic rings. The van der Waals surface area contributed by atoms with Crippen LogP contribution in [-0.4, -0.2) is 51.2 Å². The summed E-state index contributed by atoms with van der Waals surface area (Å²) in [6, 6.07) is 5.47. The molecule has 8 nitrogen and oxygen atoms in total. The number of piperidine rings is 1. The van der Waals surface area contributed by atoms with E-state index in [9.17, 15) is 4.79 Å². The minimum absolute atomic E-state index is 0.0479. The number of nitrogens with zero attached hydrogens (tertiary/aromatic N) is 5. The average Bonchev–Trinajstić information content (AvgIpc) is 3.15. The van der Waals surface area contributed by atoms with Gasteiger partial charge in [0.2, 0.25) is 5.89 Å². The second-order valence-corrected chi connectivity index (χ2v) is 7.38. The highest BCUT2D eigenvalue weighted by atomic mass is 16.5. The molecule has 148 valence electrons. The number of likely N-dealkylation sites (tertiary alicyclic amines) is 1. The van der Waals surface area contributed by atoms with Gasteiger partial charge in [-0.05, 0) is 44.0 Å². The summed E-state index contributed by atoms with van der Waals surface area (Å²) < 4.78 is 12.1. The molecule has 0 saturated carbocycles. The van der Waals surface area contributed by atoms with E-state index in [4.69, 9.17) is 9.26 Å². The van der Waals surface area contributed by atoms with Crippen LogP contribution in [0.4, 0.5) is 0 Å². The van der Waals surface area contributed by atoms with Crippen molar-refractivity contribution in [2.45, 2.75) is 38.6 Å². The summed E-state index contributed by atoms with van der Waals surface area (Å²) in [5.74, 6) is 1.59. The van der Waals surface area contributed by atoms with Crippen molar-refractivity contribution in [3.05, 3.63) is 57.7 Å². The summed E-state index contributed by atoms with van der Waals surface area (Å²) in [5, 5.41) is 4.05. The zero-order valence-corrected chi connectivity index (χ0v) is 16.3. The van der Waals surface area contributed by atoms with Crippen LogP contribution in [0.25, 0.3) is 5.65 Å². The summed E-state index contributed by atoms with van der Waals surface area (Å²) in [6.07, 6.45) is 4.50. The average molecular weight is 383 g/mol. The Morgan fingerprint density at radius 2 is 2.21 bits per heavy atom. The minimum Gasteiger partial charge on any atom is -0.384 e. The fraction of sp³-hybridized carbons (Fsp3) is 0.500. The van der Waals surface area contributed by atoms with Gasteiger partial charge in [0.25, 0.3) is 5.56 Å². The van der Waals surface area contributed by atoms with Gasteiger partial charge < -0.3 is 9.26 Å². The van der Waals surface area contributed by atoms with Gasteiger partial charge in [-0.2, -0.15) is 4.98 Å². The Morgan fingerprint density at radius 3 is 3.07 bits per heavy atom. The minimum atomic E-state index is -0.0479. The van der Waals surface area contributed by atoms with Crippen molar-refractivity contribution in [3.8, 4) is 0 Å². The van der Waals surface area contributed by atoms with Crippen LogP contribution in [0.2, 0.25) is 0 Å². The monoisotopic (exact) mass is 383 g/mol. The standard InChI is InChI=1S/C20H25N5O3/c1-14-5-8-25-18(10-14)21-16(11-19(25)26)13-24-7-3-4-15(12-24)20-22-17(23-28-20)6-9-27-2/h5,8,10-11,15H,3-4,6-7,9,12-13H2,1-2H3/t15-/m0/s1. The molecule has 1 saturated heterocycles. The zero-order chi connectivity index (χ0) is 19.5. The second kappa shape index (κ2) is 8.20. The third-order valence-electron chi connectivity index (χ3n) is 5.13. The number of pyridine rings is 1. The SMILES string of the molecule is COCCc1noc([C@H]2CCCN(Cc3cc(=O)n4ccc(C)cc4n3)C2)n1. The van der Waals surface area contributed by atoms with Crippen molar-refractivity contribution in [2.75, 3.05) is 26.8 Å². The lowest BCUT2D eigenvalue weighted by Gasteiger charge is -2.30. The largest absolute Gasteiger partial charge is 0.384 e. The lowest BCUT2D eigenvalue weighted by Crippen LogP contribution is -2.34. The van der Waals surface area contributed by atoms with Crippen molar-refractivity contribution < 1.29 is 9.26 Å². The van der Waals surface area contributed by atoms with Crippen LogP contribution in [0.15, 0.2) is 33.7 Å². The Kier molecular flexibility index (Phi) is 5.50. The molecule has 0 aliphatic carbocycles. The van der Waals surface area contributed by atoms with Crippen LogP contribution in [0.3, 0.4) is 0 Å². The van der Waals surface area contributed by atoms with E-state index in [-0.39, 0.29) is 11.5 Å². The van der Waals surface area contributed by atoms with E-state index in [0.29, 0.717) is 36.9 Å². The van der Waals surface area contributed by atoms with E-state index in [1.54, 1.807) is 23.8 Å². The highest BCUT2D eigenvalue weighted by Crippen LogP contribution is 2.26. The first-order valence-corrected chi connectivity index (χ1v) is 9.65. The summed E-state index contributed by atoms with van der Waals surface area (Å²) in [5.41, 5.74) is 2.52. The number of aryl methyl sites for hydroxylation is 1. The molecule has 1 aliphatic heterocycles. The van der Waals surface area contributed by atoms with Gasteiger partial charge in [0.15, 0.2) is 5.82 Å². The van der Waals surface area contributed by atoms with Gasteiger partial charge >= 0.3 is 0 Å². The van der Waals surface area contributed by atoms with E-state index in [1.165, 1.54) is 0 Å². The molecule has 4 rings (SSSR count). The molecule has 0 radical (unpaired) electrons. The lowest BCUT2D eigenvalue weighted by atomic mass is 9.98. The van der Waals surface area contributed by atoms with E-state index in [0.717, 1.165) is 37.2 Å². The molecule has 0 unspecified atom stereocenters. The first kappa shape index (κ1) is 18.8.